The molecule has 172 valence electrons. The number of halogens is 2. The number of carbonyl (C=O) groups excluding carboxylic acids is 2. The van der Waals surface area contributed by atoms with E-state index in [1.165, 1.54) is 7.11 Å². The smallest absolute Gasteiger partial charge is 0.339 e. The van der Waals surface area contributed by atoms with E-state index in [1.54, 1.807) is 49.4 Å². The number of benzene rings is 2. The number of rotatable bonds is 4. The molecule has 0 saturated carbocycles. The summed E-state index contributed by atoms with van der Waals surface area (Å²) in [6, 6.07) is 13.9. The lowest BCUT2D eigenvalue weighted by atomic mass is 9.68. The van der Waals surface area contributed by atoms with Crippen molar-refractivity contribution in [1.82, 2.24) is 9.97 Å². The van der Waals surface area contributed by atoms with Crippen LogP contribution in [-0.4, -0.2) is 35.6 Å². The molecule has 1 N–H and O–H groups in total. The highest BCUT2D eigenvalue weighted by molar-refractivity contribution is 6.34. The first-order valence-electron chi connectivity index (χ1n) is 10.3. The van der Waals surface area contributed by atoms with E-state index in [0.717, 1.165) is 0 Å². The van der Waals surface area contributed by atoms with E-state index in [9.17, 15) is 9.59 Å². The van der Waals surface area contributed by atoms with Crippen molar-refractivity contribution in [2.75, 3.05) is 19.0 Å². The Hall–Kier alpha value is -3.62. The van der Waals surface area contributed by atoms with E-state index < -0.39 is 17.3 Å². The number of fused-ring (bicyclic) bond motifs is 4. The fourth-order valence-corrected chi connectivity index (χ4v) is 4.89. The molecule has 5 rings (SSSR count). The van der Waals surface area contributed by atoms with Gasteiger partial charge in [-0.1, -0.05) is 48.0 Å². The van der Waals surface area contributed by atoms with Crippen molar-refractivity contribution >= 4 is 46.5 Å². The van der Waals surface area contributed by atoms with E-state index >= 15 is 0 Å². The second-order valence-corrected chi connectivity index (χ2v) is 8.17. The lowest BCUT2D eigenvalue weighted by Crippen LogP contribution is -2.45. The number of amides is 1. The van der Waals surface area contributed by atoms with Gasteiger partial charge in [0.15, 0.2) is 0 Å². The quantitative estimate of drug-likeness (QED) is 0.324. The maximum Gasteiger partial charge on any atom is 0.339 e. The molecule has 0 radical (unpaired) electrons. The number of aromatic nitrogens is 2. The van der Waals surface area contributed by atoms with Crippen LogP contribution in [-0.2, 0) is 19.7 Å². The number of esters is 1. The number of nitrogens with zero attached hydrogens (tertiary/aromatic N) is 2. The van der Waals surface area contributed by atoms with Crippen LogP contribution in [0.25, 0.3) is 5.76 Å². The number of carbonyl (C=O) groups is 2. The zero-order valence-electron chi connectivity index (χ0n) is 18.0. The summed E-state index contributed by atoms with van der Waals surface area (Å²) in [4.78, 5) is 35.7. The molecule has 0 fully saturated rings. The van der Waals surface area contributed by atoms with Crippen molar-refractivity contribution in [3.8, 4) is 11.6 Å². The van der Waals surface area contributed by atoms with Gasteiger partial charge >= 0.3 is 5.97 Å². The summed E-state index contributed by atoms with van der Waals surface area (Å²) in [7, 11) is 1.52. The van der Waals surface area contributed by atoms with Crippen LogP contribution in [0.3, 0.4) is 0 Å². The third-order valence-corrected chi connectivity index (χ3v) is 6.16. The number of nitrogens with one attached hydrogen (secondary N) is 1. The third kappa shape index (κ3) is 3.13. The summed E-state index contributed by atoms with van der Waals surface area (Å²) in [5.41, 5.74) is -0.264. The SMILES string of the molecule is CCOC(=O)C1=C(c2ccccc2)Oc2nc(Cl)nc(Cl)c2C12C(=O)Nc1cc(OC)ccc12. The Morgan fingerprint density at radius 1 is 1.15 bits per heavy atom. The molecular formula is C24H17Cl2N3O5. The van der Waals surface area contributed by atoms with Crippen LogP contribution in [0.2, 0.25) is 10.4 Å². The van der Waals surface area contributed by atoms with Crippen LogP contribution in [0.1, 0.15) is 23.6 Å². The molecule has 2 aromatic carbocycles. The largest absolute Gasteiger partial charge is 0.497 e. The molecule has 1 aromatic heterocycles. The summed E-state index contributed by atoms with van der Waals surface area (Å²) in [6.45, 7) is 1.75. The average molecular weight is 498 g/mol. The topological polar surface area (TPSA) is 99.6 Å². The predicted molar refractivity (Wildman–Crippen MR) is 125 cm³/mol. The number of hydrogen-bond acceptors (Lipinski definition) is 7. The molecule has 1 amide bonds. The van der Waals surface area contributed by atoms with Gasteiger partial charge in [0, 0.05) is 22.9 Å². The van der Waals surface area contributed by atoms with Gasteiger partial charge in [0.25, 0.3) is 0 Å². The standard InChI is InChI=1S/C24H17Cl2N3O5/c1-3-33-21(30)16-18(12-7-5-4-6-8-12)34-20-17(19(25)28-23(26)29-20)24(16)14-10-9-13(32-2)11-15(14)27-22(24)31/h4-11H,3H2,1-2H3,(H,27,31). The van der Waals surface area contributed by atoms with Gasteiger partial charge < -0.3 is 19.5 Å². The second kappa shape index (κ2) is 8.30. The van der Waals surface area contributed by atoms with Gasteiger partial charge in [-0.2, -0.15) is 4.98 Å². The number of hydrogen-bond donors (Lipinski definition) is 1. The highest BCUT2D eigenvalue weighted by atomic mass is 35.5. The van der Waals surface area contributed by atoms with E-state index in [-0.39, 0.29) is 39.8 Å². The van der Waals surface area contributed by atoms with Gasteiger partial charge in [-0.15, -0.1) is 0 Å². The minimum Gasteiger partial charge on any atom is -0.497 e. The van der Waals surface area contributed by atoms with Gasteiger partial charge in [0.1, 0.15) is 27.6 Å². The van der Waals surface area contributed by atoms with E-state index in [1.807, 2.05) is 6.07 Å². The van der Waals surface area contributed by atoms with E-state index in [2.05, 4.69) is 15.3 Å². The van der Waals surface area contributed by atoms with Crippen molar-refractivity contribution in [2.45, 2.75) is 12.3 Å². The van der Waals surface area contributed by atoms with Crippen LogP contribution < -0.4 is 14.8 Å². The summed E-state index contributed by atoms with van der Waals surface area (Å²) in [6.07, 6.45) is 0. The maximum absolute atomic E-state index is 13.9. The molecule has 0 bridgehead atoms. The van der Waals surface area contributed by atoms with Gasteiger partial charge in [-0.05, 0) is 24.6 Å². The van der Waals surface area contributed by atoms with Gasteiger partial charge in [0.05, 0.1) is 19.3 Å². The number of ether oxygens (including phenoxy) is 3. The molecule has 3 heterocycles. The Labute approximate surface area is 204 Å². The Morgan fingerprint density at radius 3 is 2.62 bits per heavy atom. The van der Waals surface area contributed by atoms with Crippen molar-refractivity contribution < 1.29 is 23.8 Å². The first-order valence-corrected chi connectivity index (χ1v) is 11.1. The van der Waals surface area contributed by atoms with Crippen molar-refractivity contribution in [3.63, 3.8) is 0 Å². The van der Waals surface area contributed by atoms with E-state index in [0.29, 0.717) is 22.6 Å². The minimum atomic E-state index is -1.76. The molecule has 0 saturated heterocycles. The van der Waals surface area contributed by atoms with Crippen LogP contribution in [0, 0.1) is 0 Å². The lowest BCUT2D eigenvalue weighted by molar-refractivity contribution is -0.140. The zero-order chi connectivity index (χ0) is 24.0. The maximum atomic E-state index is 13.9. The van der Waals surface area contributed by atoms with Crippen LogP contribution >= 0.6 is 23.2 Å². The van der Waals surface area contributed by atoms with Gasteiger partial charge in [0.2, 0.25) is 17.1 Å². The summed E-state index contributed by atoms with van der Waals surface area (Å²) < 4.78 is 16.8. The van der Waals surface area contributed by atoms with Crippen molar-refractivity contribution in [1.29, 1.82) is 0 Å². The fraction of sp³-hybridized carbons (Fsp3) is 0.167. The third-order valence-electron chi connectivity index (χ3n) is 5.72. The first-order chi connectivity index (χ1) is 16.4. The van der Waals surface area contributed by atoms with E-state index in [4.69, 9.17) is 37.4 Å². The number of methoxy groups -OCH3 is 1. The summed E-state index contributed by atoms with van der Waals surface area (Å²) in [5, 5.41) is 2.56. The molecule has 2 aliphatic heterocycles. The van der Waals surface area contributed by atoms with Crippen LogP contribution in [0.4, 0.5) is 5.69 Å². The minimum absolute atomic E-state index is 0.0317. The van der Waals surface area contributed by atoms with Crippen LogP contribution in [0.5, 0.6) is 11.6 Å². The van der Waals surface area contributed by atoms with Crippen LogP contribution in [0.15, 0.2) is 54.1 Å². The molecule has 34 heavy (non-hydrogen) atoms. The second-order valence-electron chi connectivity index (χ2n) is 7.47. The predicted octanol–water partition coefficient (Wildman–Crippen LogP) is 4.40. The molecule has 1 atom stereocenters. The van der Waals surface area contributed by atoms with Gasteiger partial charge in [-0.25, -0.2) is 9.78 Å². The van der Waals surface area contributed by atoms with Crippen molar-refractivity contribution in [3.05, 3.63) is 81.2 Å². The highest BCUT2D eigenvalue weighted by Crippen LogP contribution is 2.57. The molecule has 0 aliphatic carbocycles. The Bertz CT molecular complexity index is 1380. The fourth-order valence-electron chi connectivity index (χ4n) is 4.38. The van der Waals surface area contributed by atoms with Crippen molar-refractivity contribution in [2.24, 2.45) is 0 Å². The molecule has 8 nitrogen and oxygen atoms in total. The molecule has 1 unspecified atom stereocenters. The lowest BCUT2D eigenvalue weighted by Gasteiger charge is -2.36. The first kappa shape index (κ1) is 22.2. The average Bonchev–Trinajstić information content (AvgIpc) is 3.10. The van der Waals surface area contributed by atoms with Gasteiger partial charge in [-0.3, -0.25) is 4.79 Å². The normalized spacial score (nSPS) is 18.2. The monoisotopic (exact) mass is 497 g/mol. The number of anilines is 1. The summed E-state index contributed by atoms with van der Waals surface area (Å²) in [5.74, 6) is -0.680. The Morgan fingerprint density at radius 2 is 1.91 bits per heavy atom. The molecule has 1 spiro atoms. The Balaban J connectivity index is 1.94. The highest BCUT2D eigenvalue weighted by Gasteiger charge is 2.60. The zero-order valence-corrected chi connectivity index (χ0v) is 19.5. The summed E-state index contributed by atoms with van der Waals surface area (Å²) >= 11 is 12.6. The molecule has 3 aromatic rings. The molecule has 10 heteroatoms. The Kier molecular flexibility index (Phi) is 5.42. The molecule has 2 aliphatic rings. The molecular weight excluding hydrogens is 481 g/mol.